The summed E-state index contributed by atoms with van der Waals surface area (Å²) in [7, 11) is 1.72. The van der Waals surface area contributed by atoms with Crippen LogP contribution >= 0.6 is 0 Å². The van der Waals surface area contributed by atoms with E-state index < -0.39 is 5.79 Å². The van der Waals surface area contributed by atoms with Crippen molar-refractivity contribution in [1.82, 2.24) is 0 Å². The van der Waals surface area contributed by atoms with Crippen molar-refractivity contribution in [3.63, 3.8) is 0 Å². The fourth-order valence-corrected chi connectivity index (χ4v) is 3.10. The summed E-state index contributed by atoms with van der Waals surface area (Å²) in [4.78, 5) is 0. The molecule has 3 rings (SSSR count). The molecule has 0 amide bonds. The molecular weight excluding hydrogens is 268 g/mol. The van der Waals surface area contributed by atoms with E-state index in [4.69, 9.17) is 18.9 Å². The lowest BCUT2D eigenvalue weighted by molar-refractivity contribution is -0.338. The van der Waals surface area contributed by atoms with Crippen LogP contribution in [0, 0.1) is 0 Å². The van der Waals surface area contributed by atoms with Gasteiger partial charge in [0.25, 0.3) is 0 Å². The zero-order valence-electron chi connectivity index (χ0n) is 12.6. The molecule has 1 aromatic carbocycles. The molecule has 2 saturated heterocycles. The van der Waals surface area contributed by atoms with E-state index in [0.717, 1.165) is 32.3 Å². The Morgan fingerprint density at radius 1 is 1.19 bits per heavy atom. The monoisotopic (exact) mass is 292 g/mol. The first-order chi connectivity index (χ1) is 10.3. The Morgan fingerprint density at radius 3 is 2.76 bits per heavy atom. The van der Waals surface area contributed by atoms with Gasteiger partial charge in [-0.3, -0.25) is 0 Å². The van der Waals surface area contributed by atoms with Crippen molar-refractivity contribution in [3.05, 3.63) is 35.9 Å². The maximum absolute atomic E-state index is 6.16. The van der Waals surface area contributed by atoms with E-state index in [2.05, 4.69) is 12.1 Å². The second-order valence-electron chi connectivity index (χ2n) is 5.81. The van der Waals surface area contributed by atoms with E-state index in [-0.39, 0.29) is 12.2 Å². The van der Waals surface area contributed by atoms with Crippen LogP contribution in [-0.4, -0.2) is 38.3 Å². The maximum atomic E-state index is 6.16. The largest absolute Gasteiger partial charge is 0.379 e. The quantitative estimate of drug-likeness (QED) is 0.855. The van der Waals surface area contributed by atoms with Gasteiger partial charge in [-0.25, -0.2) is 0 Å². The van der Waals surface area contributed by atoms with Gasteiger partial charge in [0.2, 0.25) is 0 Å². The minimum Gasteiger partial charge on any atom is -0.379 e. The van der Waals surface area contributed by atoms with Gasteiger partial charge in [-0.1, -0.05) is 30.3 Å². The van der Waals surface area contributed by atoms with Crippen LogP contribution in [0.2, 0.25) is 0 Å². The molecule has 0 radical (unpaired) electrons. The molecule has 0 aromatic heterocycles. The van der Waals surface area contributed by atoms with Crippen LogP contribution in [-0.2, 0) is 25.6 Å². The number of rotatable bonds is 4. The van der Waals surface area contributed by atoms with Crippen LogP contribution in [0.4, 0.5) is 0 Å². The molecule has 4 heteroatoms. The van der Waals surface area contributed by atoms with E-state index in [0.29, 0.717) is 13.2 Å². The summed E-state index contributed by atoms with van der Waals surface area (Å²) in [5.74, 6) is -0.567. The van der Waals surface area contributed by atoms with Gasteiger partial charge in [-0.15, -0.1) is 0 Å². The molecule has 0 unspecified atom stereocenters. The fraction of sp³-hybridized carbons (Fsp3) is 0.647. The lowest BCUT2D eigenvalue weighted by Gasteiger charge is -2.47. The van der Waals surface area contributed by atoms with E-state index in [1.165, 1.54) is 5.56 Å². The third kappa shape index (κ3) is 3.46. The first kappa shape index (κ1) is 15.0. The molecule has 2 heterocycles. The number of methoxy groups -OCH3 is 1. The molecule has 1 aromatic rings. The Bertz CT molecular complexity index is 428. The Hall–Kier alpha value is -0.940. The predicted octanol–water partition coefficient (Wildman–Crippen LogP) is 2.90. The molecule has 1 spiro atoms. The van der Waals surface area contributed by atoms with Gasteiger partial charge >= 0.3 is 0 Å². The van der Waals surface area contributed by atoms with Crippen molar-refractivity contribution in [2.75, 3.05) is 20.3 Å². The van der Waals surface area contributed by atoms with Crippen molar-refractivity contribution in [3.8, 4) is 0 Å². The van der Waals surface area contributed by atoms with Crippen molar-refractivity contribution in [2.24, 2.45) is 0 Å². The first-order valence-electron chi connectivity index (χ1n) is 7.79. The molecule has 0 N–H and O–H groups in total. The van der Waals surface area contributed by atoms with E-state index in [1.54, 1.807) is 7.11 Å². The normalized spacial score (nSPS) is 33.2. The smallest absolute Gasteiger partial charge is 0.194 e. The summed E-state index contributed by atoms with van der Waals surface area (Å²) in [5.41, 5.74) is 1.17. The van der Waals surface area contributed by atoms with E-state index in [1.807, 2.05) is 18.2 Å². The van der Waals surface area contributed by atoms with Crippen LogP contribution in [0.5, 0.6) is 0 Å². The summed E-state index contributed by atoms with van der Waals surface area (Å²) in [6.07, 6.45) is 3.97. The molecular formula is C17H24O4. The zero-order valence-corrected chi connectivity index (χ0v) is 12.6. The van der Waals surface area contributed by atoms with Gasteiger partial charge in [0, 0.05) is 20.0 Å². The van der Waals surface area contributed by atoms with Crippen LogP contribution in [0.1, 0.15) is 31.2 Å². The minimum absolute atomic E-state index is 0.0725. The summed E-state index contributed by atoms with van der Waals surface area (Å²) in [5, 5.41) is 0. The molecule has 2 aliphatic rings. The number of ether oxygens (including phenoxy) is 4. The average Bonchev–Trinajstić information content (AvgIpc) is 2.56. The molecule has 0 aliphatic carbocycles. The van der Waals surface area contributed by atoms with Gasteiger partial charge < -0.3 is 18.9 Å². The van der Waals surface area contributed by atoms with E-state index >= 15 is 0 Å². The molecule has 3 atom stereocenters. The standard InChI is InChI=1S/C17H24O4/c1-18-15-11-16(19-12-14-7-3-2-4-8-14)17(21-13-15)9-5-6-10-20-17/h2-4,7-8,15-16H,5-6,9-13H2,1H3/t15-,16+,17+/m1/s1. The van der Waals surface area contributed by atoms with Crippen molar-refractivity contribution in [2.45, 2.75) is 50.3 Å². The first-order valence-corrected chi connectivity index (χ1v) is 7.79. The summed E-state index contributed by atoms with van der Waals surface area (Å²) in [6.45, 7) is 1.92. The number of hydrogen-bond acceptors (Lipinski definition) is 4. The molecule has 116 valence electrons. The third-order valence-corrected chi connectivity index (χ3v) is 4.37. The van der Waals surface area contributed by atoms with Gasteiger partial charge in [0.05, 0.1) is 25.9 Å². The lowest BCUT2D eigenvalue weighted by atomic mass is 9.93. The topological polar surface area (TPSA) is 36.9 Å². The Labute approximate surface area is 126 Å². The molecule has 0 bridgehead atoms. The highest BCUT2D eigenvalue weighted by Crippen LogP contribution is 2.37. The second kappa shape index (κ2) is 6.88. The van der Waals surface area contributed by atoms with Crippen molar-refractivity contribution >= 4 is 0 Å². The Morgan fingerprint density at radius 2 is 2.05 bits per heavy atom. The van der Waals surface area contributed by atoms with E-state index in [9.17, 15) is 0 Å². The molecule has 0 saturated carbocycles. The molecule has 4 nitrogen and oxygen atoms in total. The van der Waals surface area contributed by atoms with Gasteiger partial charge in [-0.2, -0.15) is 0 Å². The van der Waals surface area contributed by atoms with Gasteiger partial charge in [0.15, 0.2) is 5.79 Å². The highest BCUT2D eigenvalue weighted by molar-refractivity contribution is 5.13. The SMILES string of the molecule is CO[C@H]1CO[C@@]2(CCCCO2)[C@@H](OCc2ccccc2)C1. The number of hydrogen-bond donors (Lipinski definition) is 0. The molecule has 2 fully saturated rings. The fourth-order valence-electron chi connectivity index (χ4n) is 3.10. The Balaban J connectivity index is 1.67. The predicted molar refractivity (Wildman–Crippen MR) is 78.9 cm³/mol. The molecule has 21 heavy (non-hydrogen) atoms. The Kier molecular flexibility index (Phi) is 4.91. The van der Waals surface area contributed by atoms with Crippen molar-refractivity contribution < 1.29 is 18.9 Å². The maximum Gasteiger partial charge on any atom is 0.194 e. The highest BCUT2D eigenvalue weighted by atomic mass is 16.7. The van der Waals surface area contributed by atoms with Crippen LogP contribution in [0.25, 0.3) is 0 Å². The summed E-state index contributed by atoms with van der Waals surface area (Å²) >= 11 is 0. The van der Waals surface area contributed by atoms with Gasteiger partial charge in [-0.05, 0) is 18.4 Å². The van der Waals surface area contributed by atoms with Crippen LogP contribution < -0.4 is 0 Å². The lowest BCUT2D eigenvalue weighted by Crippen LogP contribution is -2.56. The van der Waals surface area contributed by atoms with Crippen LogP contribution in [0.3, 0.4) is 0 Å². The second-order valence-corrected chi connectivity index (χ2v) is 5.81. The average molecular weight is 292 g/mol. The summed E-state index contributed by atoms with van der Waals surface area (Å²) < 4.78 is 23.6. The van der Waals surface area contributed by atoms with Gasteiger partial charge in [0.1, 0.15) is 6.10 Å². The van der Waals surface area contributed by atoms with Crippen molar-refractivity contribution in [1.29, 1.82) is 0 Å². The van der Waals surface area contributed by atoms with Crippen LogP contribution in [0.15, 0.2) is 30.3 Å². The number of benzene rings is 1. The third-order valence-electron chi connectivity index (χ3n) is 4.37. The zero-order chi connectivity index (χ0) is 14.5. The highest BCUT2D eigenvalue weighted by Gasteiger charge is 2.48. The minimum atomic E-state index is -0.567. The molecule has 2 aliphatic heterocycles. The summed E-state index contributed by atoms with van der Waals surface area (Å²) in [6, 6.07) is 10.2.